The molecule has 1 atom stereocenters. The van der Waals surface area contributed by atoms with Crippen LogP contribution in [0, 0.1) is 0 Å². The Morgan fingerprint density at radius 1 is 1.24 bits per heavy atom. The van der Waals surface area contributed by atoms with Crippen molar-refractivity contribution in [2.45, 2.75) is 10.3 Å². The first-order valence-corrected chi connectivity index (χ1v) is 10.8. The van der Waals surface area contributed by atoms with Crippen LogP contribution in [-0.4, -0.2) is 38.5 Å². The number of thiophene rings is 1. The number of rotatable bonds is 6. The molecule has 0 bridgehead atoms. The van der Waals surface area contributed by atoms with Gasteiger partial charge < -0.3 is 9.47 Å². The maximum absolute atomic E-state index is 12.5. The van der Waals surface area contributed by atoms with Crippen LogP contribution < -0.4 is 4.72 Å². The van der Waals surface area contributed by atoms with Crippen LogP contribution in [0.5, 0.6) is 0 Å². The normalized spacial score (nSPS) is 13.6. The van der Waals surface area contributed by atoms with Gasteiger partial charge in [-0.3, -0.25) is 0 Å². The topological polar surface area (TPSA) is 54.3 Å². The van der Waals surface area contributed by atoms with E-state index in [1.165, 1.54) is 11.3 Å². The lowest BCUT2D eigenvalue weighted by Crippen LogP contribution is -2.34. The van der Waals surface area contributed by atoms with Gasteiger partial charge in [-0.2, -0.15) is 0 Å². The molecule has 8 heteroatoms. The third kappa shape index (κ3) is 3.83. The van der Waals surface area contributed by atoms with E-state index in [1.807, 2.05) is 38.2 Å². The largest absolute Gasteiger partial charge is 0.350 e. The van der Waals surface area contributed by atoms with Gasteiger partial charge in [-0.15, -0.1) is 11.3 Å². The summed E-state index contributed by atoms with van der Waals surface area (Å²) >= 11 is 4.52. The number of nitrogens with one attached hydrogen (secondary N) is 1. The molecule has 0 aliphatic rings. The Labute approximate surface area is 160 Å². The monoisotopic (exact) mass is 441 g/mol. The van der Waals surface area contributed by atoms with E-state index >= 15 is 0 Å². The zero-order valence-corrected chi connectivity index (χ0v) is 17.5. The van der Waals surface area contributed by atoms with Crippen LogP contribution in [0.1, 0.15) is 11.6 Å². The first-order valence-electron chi connectivity index (χ1n) is 7.75. The molecule has 0 aliphatic carbocycles. The quantitative estimate of drug-likeness (QED) is 0.635. The summed E-state index contributed by atoms with van der Waals surface area (Å²) in [5.74, 6) is 0. The molecule has 0 saturated carbocycles. The van der Waals surface area contributed by atoms with Crippen molar-refractivity contribution in [3.8, 4) is 0 Å². The molecule has 134 valence electrons. The van der Waals surface area contributed by atoms with Gasteiger partial charge in [0.2, 0.25) is 10.0 Å². The number of fused-ring (bicyclic) bond motifs is 1. The van der Waals surface area contributed by atoms with E-state index in [0.717, 1.165) is 20.3 Å². The zero-order chi connectivity index (χ0) is 18.2. The number of likely N-dealkylation sites (N-methyl/N-ethyl adjacent to an activating group) is 1. The highest BCUT2D eigenvalue weighted by molar-refractivity contribution is 9.11. The van der Waals surface area contributed by atoms with Crippen LogP contribution in [0.2, 0.25) is 0 Å². The highest BCUT2D eigenvalue weighted by Crippen LogP contribution is 2.29. The van der Waals surface area contributed by atoms with E-state index in [9.17, 15) is 8.42 Å². The lowest BCUT2D eigenvalue weighted by molar-refractivity contribution is 0.301. The second kappa shape index (κ2) is 7.20. The van der Waals surface area contributed by atoms with E-state index in [2.05, 4.69) is 43.5 Å². The van der Waals surface area contributed by atoms with E-state index < -0.39 is 10.0 Å². The fourth-order valence-corrected chi connectivity index (χ4v) is 6.00. The minimum absolute atomic E-state index is 0.0655. The van der Waals surface area contributed by atoms with Crippen molar-refractivity contribution in [3.63, 3.8) is 0 Å². The Morgan fingerprint density at radius 2 is 1.96 bits per heavy atom. The van der Waals surface area contributed by atoms with Crippen LogP contribution in [0.3, 0.4) is 0 Å². The Kier molecular flexibility index (Phi) is 5.36. The average molecular weight is 442 g/mol. The summed E-state index contributed by atoms with van der Waals surface area (Å²) in [6.45, 7) is 0.304. The second-order valence-corrected chi connectivity index (χ2v) is 10.6. The van der Waals surface area contributed by atoms with Crippen molar-refractivity contribution in [2.75, 3.05) is 20.6 Å². The maximum atomic E-state index is 12.5. The maximum Gasteiger partial charge on any atom is 0.250 e. The number of nitrogens with zero attached hydrogens (tertiary/aromatic N) is 2. The lowest BCUT2D eigenvalue weighted by Gasteiger charge is -2.24. The molecule has 3 rings (SSSR count). The minimum Gasteiger partial charge on any atom is -0.350 e. The lowest BCUT2D eigenvalue weighted by atomic mass is 10.1. The molecule has 1 aromatic carbocycles. The van der Waals surface area contributed by atoms with E-state index in [-0.39, 0.29) is 6.04 Å². The summed E-state index contributed by atoms with van der Waals surface area (Å²) in [4.78, 5) is 2.04. The predicted octanol–water partition coefficient (Wildman–Crippen LogP) is 3.58. The molecule has 0 aliphatic heterocycles. The Morgan fingerprint density at radius 3 is 2.60 bits per heavy atom. The number of hydrogen-bond acceptors (Lipinski definition) is 4. The molecule has 3 aromatic rings. The van der Waals surface area contributed by atoms with Crippen molar-refractivity contribution in [1.82, 2.24) is 14.2 Å². The molecular formula is C17H20BrN3O2S2. The molecule has 0 amide bonds. The van der Waals surface area contributed by atoms with Crippen molar-refractivity contribution >= 4 is 48.2 Å². The molecule has 0 spiro atoms. The van der Waals surface area contributed by atoms with E-state index in [0.29, 0.717) is 10.8 Å². The van der Waals surface area contributed by atoms with Gasteiger partial charge in [0.1, 0.15) is 4.21 Å². The molecule has 2 heterocycles. The number of para-hydroxylation sites is 1. The molecule has 1 unspecified atom stereocenters. The Bertz CT molecular complexity index is 992. The van der Waals surface area contributed by atoms with Gasteiger partial charge in [-0.05, 0) is 53.8 Å². The molecular weight excluding hydrogens is 422 g/mol. The summed E-state index contributed by atoms with van der Waals surface area (Å²) in [7, 11) is 2.41. The minimum atomic E-state index is -3.52. The molecule has 1 N–H and O–H groups in total. The number of sulfonamides is 1. The summed E-state index contributed by atoms with van der Waals surface area (Å²) < 4.78 is 31.0. The third-order valence-electron chi connectivity index (χ3n) is 4.19. The van der Waals surface area contributed by atoms with Gasteiger partial charge >= 0.3 is 0 Å². The number of hydrogen-bond donors (Lipinski definition) is 1. The fraction of sp³-hybridized carbons (Fsp3) is 0.294. The van der Waals surface area contributed by atoms with Crippen LogP contribution >= 0.6 is 27.3 Å². The highest BCUT2D eigenvalue weighted by atomic mass is 79.9. The molecule has 0 fully saturated rings. The van der Waals surface area contributed by atoms with Gasteiger partial charge in [0.05, 0.1) is 3.79 Å². The van der Waals surface area contributed by atoms with Crippen LogP contribution in [0.25, 0.3) is 10.9 Å². The average Bonchev–Trinajstić information content (AvgIpc) is 3.13. The number of aryl methyl sites for hydroxylation is 1. The first-order chi connectivity index (χ1) is 11.8. The van der Waals surface area contributed by atoms with Crippen molar-refractivity contribution < 1.29 is 8.42 Å². The molecule has 0 radical (unpaired) electrons. The van der Waals surface area contributed by atoms with Gasteiger partial charge in [0, 0.05) is 36.7 Å². The summed E-state index contributed by atoms with van der Waals surface area (Å²) in [5.41, 5.74) is 2.24. The molecule has 0 saturated heterocycles. The van der Waals surface area contributed by atoms with Crippen molar-refractivity contribution in [1.29, 1.82) is 0 Å². The van der Waals surface area contributed by atoms with Crippen molar-refractivity contribution in [2.24, 2.45) is 7.05 Å². The Hall–Kier alpha value is -1.19. The van der Waals surface area contributed by atoms with Crippen LogP contribution in [-0.2, 0) is 17.1 Å². The van der Waals surface area contributed by atoms with Crippen molar-refractivity contribution in [3.05, 3.63) is 51.9 Å². The number of benzene rings is 1. The smallest absolute Gasteiger partial charge is 0.250 e. The van der Waals surface area contributed by atoms with E-state index in [1.54, 1.807) is 12.1 Å². The van der Waals surface area contributed by atoms with Gasteiger partial charge in [-0.25, -0.2) is 13.1 Å². The summed E-state index contributed by atoms with van der Waals surface area (Å²) in [5, 5.41) is 1.14. The zero-order valence-electron chi connectivity index (χ0n) is 14.2. The molecule has 25 heavy (non-hydrogen) atoms. The standard InChI is InChI=1S/C17H20BrN3O2S2/c1-20(2)15(10-19-25(22,23)17-9-8-16(18)24-17)13-11-21(3)14-7-5-4-6-12(13)14/h4-9,11,15,19H,10H2,1-3H3. The van der Waals surface area contributed by atoms with Gasteiger partial charge in [-0.1, -0.05) is 18.2 Å². The van der Waals surface area contributed by atoms with Gasteiger partial charge in [0.15, 0.2) is 0 Å². The number of aromatic nitrogens is 1. The molecule has 2 aromatic heterocycles. The van der Waals surface area contributed by atoms with E-state index in [4.69, 9.17) is 0 Å². The second-order valence-electron chi connectivity index (χ2n) is 6.10. The first kappa shape index (κ1) is 18.6. The fourth-order valence-electron chi connectivity index (χ4n) is 2.91. The predicted molar refractivity (Wildman–Crippen MR) is 107 cm³/mol. The number of halogens is 1. The highest BCUT2D eigenvalue weighted by Gasteiger charge is 2.23. The Balaban J connectivity index is 1.89. The SMILES string of the molecule is CN(C)C(CNS(=O)(=O)c1ccc(Br)s1)c1cn(C)c2ccccc12. The molecule has 5 nitrogen and oxygen atoms in total. The third-order valence-corrected chi connectivity index (χ3v) is 7.73. The van der Waals surface area contributed by atoms with Gasteiger partial charge in [0.25, 0.3) is 0 Å². The van der Waals surface area contributed by atoms with Crippen LogP contribution in [0.15, 0.2) is 50.6 Å². The summed E-state index contributed by atoms with van der Waals surface area (Å²) in [6, 6.07) is 11.4. The summed E-state index contributed by atoms with van der Waals surface area (Å²) in [6.07, 6.45) is 2.07. The van der Waals surface area contributed by atoms with Crippen LogP contribution in [0.4, 0.5) is 0 Å².